The van der Waals surface area contributed by atoms with E-state index in [1.165, 1.54) is 0 Å². The molecule has 1 unspecified atom stereocenters. The number of rotatable bonds is 2. The maximum atomic E-state index is 11.3. The minimum atomic E-state index is -1.26. The Morgan fingerprint density at radius 1 is 1.75 bits per heavy atom. The third-order valence-electron chi connectivity index (χ3n) is 2.35. The predicted octanol–water partition coefficient (Wildman–Crippen LogP) is 0.834. The number of carbonyl (C=O) groups is 2. The fraction of sp³-hybridized carbons (Fsp3) is 0.556. The van der Waals surface area contributed by atoms with E-state index in [0.29, 0.717) is 19.3 Å². The van der Waals surface area contributed by atoms with Crippen LogP contribution in [-0.2, 0) is 9.59 Å². The zero-order valence-electron chi connectivity index (χ0n) is 6.67. The molecule has 0 saturated heterocycles. The second kappa shape index (κ2) is 2.98. The largest absolute Gasteiger partial charge is 0.480 e. The van der Waals surface area contributed by atoms with Gasteiger partial charge in [0.1, 0.15) is 5.41 Å². The smallest absolute Gasteiger partial charge is 0.318 e. The van der Waals surface area contributed by atoms with Gasteiger partial charge in [-0.25, -0.2) is 0 Å². The highest BCUT2D eigenvalue weighted by Gasteiger charge is 2.48. The molecule has 1 rings (SSSR count). The second-order valence-corrected chi connectivity index (χ2v) is 3.04. The van der Waals surface area contributed by atoms with Gasteiger partial charge in [-0.3, -0.25) is 9.59 Å². The molecule has 0 amide bonds. The van der Waals surface area contributed by atoms with Gasteiger partial charge in [0.25, 0.3) is 0 Å². The highest BCUT2D eigenvalue weighted by Crippen LogP contribution is 2.37. The van der Waals surface area contributed by atoms with Crippen molar-refractivity contribution < 1.29 is 14.7 Å². The van der Waals surface area contributed by atoms with E-state index < -0.39 is 11.4 Å². The van der Waals surface area contributed by atoms with E-state index in [1.807, 2.05) is 0 Å². The van der Waals surface area contributed by atoms with Crippen LogP contribution in [0.2, 0.25) is 0 Å². The number of Topliss-reactive ketones (excluding diaryl/α,β-unsaturated/α-hetero) is 1. The summed E-state index contributed by atoms with van der Waals surface area (Å²) in [5.41, 5.74) is -1.26. The van der Waals surface area contributed by atoms with Crippen molar-refractivity contribution in [2.45, 2.75) is 25.7 Å². The van der Waals surface area contributed by atoms with Crippen molar-refractivity contribution >= 4 is 11.8 Å². The van der Waals surface area contributed by atoms with E-state index in [-0.39, 0.29) is 12.2 Å². The SMILES string of the molecule is C#CCC1(C(=O)O)CCCC1=O. The maximum absolute atomic E-state index is 11.3. The first kappa shape index (κ1) is 8.79. The molecule has 0 heterocycles. The number of carbonyl (C=O) groups excluding carboxylic acids is 1. The molecule has 0 radical (unpaired) electrons. The highest BCUT2D eigenvalue weighted by atomic mass is 16.4. The molecule has 64 valence electrons. The number of hydrogen-bond acceptors (Lipinski definition) is 2. The molecule has 1 saturated carbocycles. The fourth-order valence-corrected chi connectivity index (χ4v) is 1.59. The van der Waals surface area contributed by atoms with Crippen LogP contribution < -0.4 is 0 Å². The van der Waals surface area contributed by atoms with Crippen molar-refractivity contribution in [3.63, 3.8) is 0 Å². The van der Waals surface area contributed by atoms with E-state index in [1.54, 1.807) is 0 Å². The molecule has 1 N–H and O–H groups in total. The molecule has 1 atom stereocenters. The quantitative estimate of drug-likeness (QED) is 0.488. The Morgan fingerprint density at radius 3 is 2.75 bits per heavy atom. The summed E-state index contributed by atoms with van der Waals surface area (Å²) in [7, 11) is 0. The van der Waals surface area contributed by atoms with Gasteiger partial charge in [0, 0.05) is 12.8 Å². The number of carboxylic acid groups (broad SMARTS) is 1. The predicted molar refractivity (Wildman–Crippen MR) is 42.4 cm³/mol. The average molecular weight is 166 g/mol. The maximum Gasteiger partial charge on any atom is 0.318 e. The molecule has 0 aromatic rings. The minimum Gasteiger partial charge on any atom is -0.480 e. The standard InChI is InChI=1S/C9H10O3/c1-2-5-9(8(11)12)6-3-4-7(9)10/h1H,3-6H2,(H,11,12). The van der Waals surface area contributed by atoms with Gasteiger partial charge < -0.3 is 5.11 Å². The van der Waals surface area contributed by atoms with Crippen LogP contribution in [0.4, 0.5) is 0 Å². The molecule has 0 bridgehead atoms. The Kier molecular flexibility index (Phi) is 2.18. The summed E-state index contributed by atoms with van der Waals surface area (Å²) in [6.07, 6.45) is 6.45. The van der Waals surface area contributed by atoms with Gasteiger partial charge in [0.15, 0.2) is 5.78 Å². The Bertz CT molecular complexity index is 261. The van der Waals surface area contributed by atoms with Crippen molar-refractivity contribution in [2.24, 2.45) is 5.41 Å². The lowest BCUT2D eigenvalue weighted by Crippen LogP contribution is -2.34. The number of carboxylic acids is 1. The van der Waals surface area contributed by atoms with E-state index >= 15 is 0 Å². The van der Waals surface area contributed by atoms with E-state index in [2.05, 4.69) is 5.92 Å². The van der Waals surface area contributed by atoms with Crippen LogP contribution in [0.25, 0.3) is 0 Å². The van der Waals surface area contributed by atoms with Gasteiger partial charge in [-0.2, -0.15) is 0 Å². The first-order chi connectivity index (χ1) is 5.63. The van der Waals surface area contributed by atoms with Gasteiger partial charge in [-0.15, -0.1) is 12.3 Å². The minimum absolute atomic E-state index is 0.0289. The van der Waals surface area contributed by atoms with Crippen LogP contribution >= 0.6 is 0 Å². The van der Waals surface area contributed by atoms with Crippen molar-refractivity contribution in [3.8, 4) is 12.3 Å². The Balaban J connectivity index is 2.95. The molecule has 1 aliphatic rings. The first-order valence-electron chi connectivity index (χ1n) is 3.83. The summed E-state index contributed by atoms with van der Waals surface area (Å²) in [5, 5.41) is 8.85. The van der Waals surface area contributed by atoms with Crippen LogP contribution in [0.15, 0.2) is 0 Å². The summed E-state index contributed by atoms with van der Waals surface area (Å²) in [5.74, 6) is 0.979. The summed E-state index contributed by atoms with van der Waals surface area (Å²) >= 11 is 0. The molecular formula is C9H10O3. The molecule has 0 spiro atoms. The van der Waals surface area contributed by atoms with Gasteiger partial charge in [0.2, 0.25) is 0 Å². The van der Waals surface area contributed by atoms with Crippen molar-refractivity contribution in [1.29, 1.82) is 0 Å². The van der Waals surface area contributed by atoms with E-state index in [9.17, 15) is 9.59 Å². The van der Waals surface area contributed by atoms with Crippen LogP contribution in [0.1, 0.15) is 25.7 Å². The molecule has 0 aliphatic heterocycles. The van der Waals surface area contributed by atoms with Crippen LogP contribution in [0.3, 0.4) is 0 Å². The molecule has 0 aromatic carbocycles. The first-order valence-corrected chi connectivity index (χ1v) is 3.83. The zero-order chi connectivity index (χ0) is 9.19. The second-order valence-electron chi connectivity index (χ2n) is 3.04. The lowest BCUT2D eigenvalue weighted by molar-refractivity contribution is -0.152. The number of aliphatic carboxylic acids is 1. The molecule has 3 nitrogen and oxygen atoms in total. The summed E-state index contributed by atoms with van der Waals surface area (Å²) in [6, 6.07) is 0. The van der Waals surface area contributed by atoms with Gasteiger partial charge in [0.05, 0.1) is 0 Å². The van der Waals surface area contributed by atoms with E-state index in [0.717, 1.165) is 0 Å². The molecular weight excluding hydrogens is 156 g/mol. The Hall–Kier alpha value is -1.30. The number of hydrogen-bond donors (Lipinski definition) is 1. The molecule has 3 heteroatoms. The van der Waals surface area contributed by atoms with E-state index in [4.69, 9.17) is 11.5 Å². The zero-order valence-corrected chi connectivity index (χ0v) is 6.67. The van der Waals surface area contributed by atoms with Crippen molar-refractivity contribution in [3.05, 3.63) is 0 Å². The van der Waals surface area contributed by atoms with Gasteiger partial charge in [-0.1, -0.05) is 0 Å². The van der Waals surface area contributed by atoms with Crippen molar-refractivity contribution in [1.82, 2.24) is 0 Å². The van der Waals surface area contributed by atoms with Crippen LogP contribution in [0, 0.1) is 17.8 Å². The number of terminal acetylenes is 1. The van der Waals surface area contributed by atoms with Crippen LogP contribution in [-0.4, -0.2) is 16.9 Å². The Labute approximate surface area is 70.8 Å². The molecule has 12 heavy (non-hydrogen) atoms. The summed E-state index contributed by atoms with van der Waals surface area (Å²) in [6.45, 7) is 0. The average Bonchev–Trinajstić information content (AvgIpc) is 2.34. The summed E-state index contributed by atoms with van der Waals surface area (Å²) < 4.78 is 0. The lowest BCUT2D eigenvalue weighted by atomic mass is 9.82. The topological polar surface area (TPSA) is 54.4 Å². The number of ketones is 1. The lowest BCUT2D eigenvalue weighted by Gasteiger charge is -2.18. The van der Waals surface area contributed by atoms with Crippen molar-refractivity contribution in [2.75, 3.05) is 0 Å². The third kappa shape index (κ3) is 1.10. The monoisotopic (exact) mass is 166 g/mol. The van der Waals surface area contributed by atoms with Gasteiger partial charge in [-0.05, 0) is 12.8 Å². The molecule has 0 aromatic heterocycles. The van der Waals surface area contributed by atoms with Gasteiger partial charge >= 0.3 is 5.97 Å². The highest BCUT2D eigenvalue weighted by molar-refractivity contribution is 6.04. The molecule has 1 aliphatic carbocycles. The normalized spacial score (nSPS) is 28.4. The van der Waals surface area contributed by atoms with Crippen LogP contribution in [0.5, 0.6) is 0 Å². The molecule has 1 fully saturated rings. The fourth-order valence-electron chi connectivity index (χ4n) is 1.59. The Morgan fingerprint density at radius 2 is 2.42 bits per heavy atom. The third-order valence-corrected chi connectivity index (χ3v) is 2.35. The summed E-state index contributed by atoms with van der Waals surface area (Å²) in [4.78, 5) is 22.1.